The van der Waals surface area contributed by atoms with Gasteiger partial charge >= 0.3 is 6.18 Å². The van der Waals surface area contributed by atoms with Gasteiger partial charge in [0.25, 0.3) is 15.9 Å². The molecule has 1 aromatic heterocycles. The van der Waals surface area contributed by atoms with Crippen LogP contribution in [0.15, 0.2) is 45.9 Å². The highest BCUT2D eigenvalue weighted by Crippen LogP contribution is 2.32. The van der Waals surface area contributed by atoms with Crippen molar-refractivity contribution in [2.45, 2.75) is 17.8 Å². The quantitative estimate of drug-likeness (QED) is 0.802. The van der Waals surface area contributed by atoms with Gasteiger partial charge in [-0.2, -0.15) is 17.5 Å². The van der Waals surface area contributed by atoms with E-state index < -0.39 is 32.8 Å². The van der Waals surface area contributed by atoms with Gasteiger partial charge in [0.15, 0.2) is 5.76 Å². The number of hydrogen-bond acceptors (Lipinski definition) is 5. The lowest BCUT2D eigenvalue weighted by Crippen LogP contribution is -2.48. The van der Waals surface area contributed by atoms with E-state index in [2.05, 4.69) is 0 Å². The van der Waals surface area contributed by atoms with Crippen molar-refractivity contribution in [1.82, 2.24) is 9.21 Å². The number of alkyl halides is 3. The summed E-state index contributed by atoms with van der Waals surface area (Å²) in [6.45, 7) is 0.756. The fourth-order valence-electron chi connectivity index (χ4n) is 3.02. The molecule has 0 unspecified atom stereocenters. The summed E-state index contributed by atoms with van der Waals surface area (Å²) in [6, 6.07) is 7.66. The van der Waals surface area contributed by atoms with E-state index in [-0.39, 0.29) is 44.0 Å². The molecular formula is C17H18F3N3O4S. The molecule has 1 aromatic carbocycles. The van der Waals surface area contributed by atoms with E-state index in [1.54, 1.807) is 11.0 Å². The summed E-state index contributed by atoms with van der Waals surface area (Å²) < 4.78 is 70.7. The van der Waals surface area contributed by atoms with Crippen molar-refractivity contribution in [3.63, 3.8) is 0 Å². The number of primary amides is 1. The average Bonchev–Trinajstić information content (AvgIpc) is 3.13. The third kappa shape index (κ3) is 4.21. The molecule has 3 rings (SSSR count). The third-order valence-electron chi connectivity index (χ3n) is 4.47. The summed E-state index contributed by atoms with van der Waals surface area (Å²) in [5.41, 5.74) is 4.50. The highest BCUT2D eigenvalue weighted by molar-refractivity contribution is 7.89. The minimum atomic E-state index is -4.45. The number of amides is 1. The number of hydrogen-bond donors (Lipinski definition) is 1. The number of benzene rings is 1. The van der Waals surface area contributed by atoms with Crippen LogP contribution in [0.2, 0.25) is 0 Å². The van der Waals surface area contributed by atoms with Gasteiger partial charge in [0.1, 0.15) is 0 Å². The summed E-state index contributed by atoms with van der Waals surface area (Å²) in [7, 11) is -3.95. The zero-order valence-electron chi connectivity index (χ0n) is 14.6. The Morgan fingerprint density at radius 2 is 1.71 bits per heavy atom. The van der Waals surface area contributed by atoms with Crippen molar-refractivity contribution >= 4 is 15.9 Å². The molecule has 2 heterocycles. The fourth-order valence-corrected chi connectivity index (χ4v) is 4.36. The topological polar surface area (TPSA) is 96.8 Å². The summed E-state index contributed by atoms with van der Waals surface area (Å²) >= 11 is 0. The number of halogens is 3. The molecule has 1 saturated heterocycles. The van der Waals surface area contributed by atoms with Gasteiger partial charge in [0.2, 0.25) is 5.09 Å². The summed E-state index contributed by atoms with van der Waals surface area (Å²) in [5.74, 6) is -1.14. The summed E-state index contributed by atoms with van der Waals surface area (Å²) in [4.78, 5) is 12.8. The number of piperazine rings is 1. The first-order valence-corrected chi connectivity index (χ1v) is 9.80. The molecular weight excluding hydrogens is 399 g/mol. The van der Waals surface area contributed by atoms with Gasteiger partial charge in [-0.1, -0.05) is 18.2 Å². The molecule has 1 fully saturated rings. The first-order chi connectivity index (χ1) is 13.1. The van der Waals surface area contributed by atoms with E-state index in [0.717, 1.165) is 12.1 Å². The maximum atomic E-state index is 13.1. The molecule has 0 saturated carbocycles. The second-order valence-corrected chi connectivity index (χ2v) is 8.19. The van der Waals surface area contributed by atoms with Crippen LogP contribution in [0.3, 0.4) is 0 Å². The Labute approximate surface area is 159 Å². The van der Waals surface area contributed by atoms with Crippen LogP contribution in [0, 0.1) is 0 Å². The van der Waals surface area contributed by atoms with Crippen molar-refractivity contribution in [3.05, 3.63) is 53.3 Å². The van der Waals surface area contributed by atoms with Gasteiger partial charge in [-0.15, -0.1) is 0 Å². The van der Waals surface area contributed by atoms with Crippen molar-refractivity contribution in [1.29, 1.82) is 0 Å². The monoisotopic (exact) mass is 417 g/mol. The van der Waals surface area contributed by atoms with Crippen molar-refractivity contribution in [2.75, 3.05) is 26.2 Å². The van der Waals surface area contributed by atoms with Crippen LogP contribution in [-0.2, 0) is 22.7 Å². The molecule has 0 bridgehead atoms. The van der Waals surface area contributed by atoms with Crippen LogP contribution in [0.5, 0.6) is 0 Å². The smallest absolute Gasteiger partial charge is 0.416 e. The van der Waals surface area contributed by atoms with E-state index in [9.17, 15) is 26.4 Å². The Hall–Kier alpha value is -2.37. The van der Waals surface area contributed by atoms with E-state index in [0.29, 0.717) is 0 Å². The number of furan rings is 1. The predicted molar refractivity (Wildman–Crippen MR) is 92.7 cm³/mol. The van der Waals surface area contributed by atoms with Gasteiger partial charge in [-0.05, 0) is 23.8 Å². The van der Waals surface area contributed by atoms with Crippen LogP contribution in [-0.4, -0.2) is 49.7 Å². The van der Waals surface area contributed by atoms with Crippen LogP contribution in [0.1, 0.15) is 21.7 Å². The highest BCUT2D eigenvalue weighted by atomic mass is 32.2. The summed E-state index contributed by atoms with van der Waals surface area (Å²) in [6.07, 6.45) is -4.45. The standard InChI is InChI=1S/C17H18F3N3O4S/c18-17(19,20)13-4-2-1-3-12(13)11-22-7-9-23(10-8-22)28(25,26)15-6-5-14(27-15)16(21)24/h1-6H,7-11H2,(H2,21,24). The zero-order valence-corrected chi connectivity index (χ0v) is 15.5. The van der Waals surface area contributed by atoms with E-state index in [4.69, 9.17) is 10.2 Å². The third-order valence-corrected chi connectivity index (χ3v) is 6.24. The largest absolute Gasteiger partial charge is 0.438 e. The molecule has 152 valence electrons. The first-order valence-electron chi connectivity index (χ1n) is 8.36. The van der Waals surface area contributed by atoms with Gasteiger partial charge in [0, 0.05) is 32.7 Å². The SMILES string of the molecule is NC(=O)c1ccc(S(=O)(=O)N2CCN(Cc3ccccc3C(F)(F)F)CC2)o1. The zero-order chi connectivity index (χ0) is 20.5. The highest BCUT2D eigenvalue weighted by Gasteiger charge is 2.35. The molecule has 2 N–H and O–H groups in total. The predicted octanol–water partition coefficient (Wildman–Crippen LogP) is 1.90. The normalized spacial score (nSPS) is 17.0. The average molecular weight is 417 g/mol. The molecule has 1 aliphatic heterocycles. The van der Waals surface area contributed by atoms with Crippen LogP contribution in [0.25, 0.3) is 0 Å². The van der Waals surface area contributed by atoms with Crippen LogP contribution >= 0.6 is 0 Å². The first kappa shape index (κ1) is 20.4. The molecule has 1 amide bonds. The number of rotatable bonds is 5. The van der Waals surface area contributed by atoms with E-state index >= 15 is 0 Å². The van der Waals surface area contributed by atoms with Crippen molar-refractivity contribution in [2.24, 2.45) is 5.73 Å². The molecule has 0 radical (unpaired) electrons. The van der Waals surface area contributed by atoms with Crippen molar-refractivity contribution < 1.29 is 30.8 Å². The number of nitrogens with zero attached hydrogens (tertiary/aromatic N) is 2. The Morgan fingerprint density at radius 3 is 2.29 bits per heavy atom. The minimum Gasteiger partial charge on any atom is -0.438 e. The Morgan fingerprint density at radius 1 is 1.07 bits per heavy atom. The van der Waals surface area contributed by atoms with Crippen LogP contribution in [0.4, 0.5) is 13.2 Å². The summed E-state index contributed by atoms with van der Waals surface area (Å²) in [5, 5.41) is -0.392. The van der Waals surface area contributed by atoms with Crippen molar-refractivity contribution in [3.8, 4) is 0 Å². The lowest BCUT2D eigenvalue weighted by molar-refractivity contribution is -0.138. The van der Waals surface area contributed by atoms with Gasteiger partial charge in [-0.3, -0.25) is 9.69 Å². The number of sulfonamides is 1. The second kappa shape index (κ2) is 7.57. The lowest BCUT2D eigenvalue weighted by atomic mass is 10.1. The van der Waals surface area contributed by atoms with Crippen LogP contribution < -0.4 is 5.73 Å². The maximum Gasteiger partial charge on any atom is 0.416 e. The molecule has 0 spiro atoms. The van der Waals surface area contributed by atoms with Gasteiger partial charge < -0.3 is 10.2 Å². The number of nitrogens with two attached hydrogens (primary N) is 1. The molecule has 7 nitrogen and oxygen atoms in total. The maximum absolute atomic E-state index is 13.1. The molecule has 2 aromatic rings. The van der Waals surface area contributed by atoms with Gasteiger partial charge in [-0.25, -0.2) is 8.42 Å². The molecule has 28 heavy (non-hydrogen) atoms. The molecule has 0 aliphatic carbocycles. The number of carbonyl (C=O) groups excluding carboxylic acids is 1. The fraction of sp³-hybridized carbons (Fsp3) is 0.353. The Balaban J connectivity index is 1.67. The minimum absolute atomic E-state index is 0.0656. The van der Waals surface area contributed by atoms with Gasteiger partial charge in [0.05, 0.1) is 5.56 Å². The molecule has 0 atom stereocenters. The second-order valence-electron chi connectivity index (χ2n) is 6.32. The Kier molecular flexibility index (Phi) is 5.50. The lowest BCUT2D eigenvalue weighted by Gasteiger charge is -2.33. The number of carbonyl (C=O) groups is 1. The Bertz CT molecular complexity index is 964. The van der Waals surface area contributed by atoms with E-state index in [1.165, 1.54) is 22.5 Å². The molecule has 11 heteroatoms. The molecule has 1 aliphatic rings. The van der Waals surface area contributed by atoms with E-state index in [1.807, 2.05) is 0 Å².